The summed E-state index contributed by atoms with van der Waals surface area (Å²) in [6.45, 7) is 8.31. The average molecular weight is 370 g/mol. The Hall–Kier alpha value is -3.02. The largest absolute Gasteiger partial charge is 0.504 e. The maximum absolute atomic E-state index is 11.9. The molecule has 144 valence electrons. The molecular formula is C21H26N2O4. The SMILES string of the molecule is CCOc1cc(/C=N/NC(=O)COc2cc(C(C)C)ccc2C)ccc1O. The van der Waals surface area contributed by atoms with E-state index in [2.05, 4.69) is 30.4 Å². The second kappa shape index (κ2) is 9.62. The normalized spacial score (nSPS) is 11.0. The molecule has 2 aromatic carbocycles. The monoisotopic (exact) mass is 370 g/mol. The molecule has 0 saturated heterocycles. The molecular weight excluding hydrogens is 344 g/mol. The summed E-state index contributed by atoms with van der Waals surface area (Å²) in [5, 5.41) is 13.6. The number of carbonyl (C=O) groups excluding carboxylic acids is 1. The van der Waals surface area contributed by atoms with Crippen LogP contribution in [0, 0.1) is 6.92 Å². The fourth-order valence-electron chi connectivity index (χ4n) is 2.37. The van der Waals surface area contributed by atoms with Crippen LogP contribution < -0.4 is 14.9 Å². The molecule has 2 N–H and O–H groups in total. The van der Waals surface area contributed by atoms with E-state index in [1.165, 1.54) is 12.3 Å². The van der Waals surface area contributed by atoms with Crippen LogP contribution in [0.15, 0.2) is 41.5 Å². The molecule has 1 amide bonds. The standard InChI is InChI=1S/C21H26N2O4/c1-5-26-20-10-16(7-9-18(20)24)12-22-23-21(25)13-27-19-11-17(14(2)3)8-6-15(19)4/h6-12,14,24H,5,13H2,1-4H3,(H,23,25)/b22-12+. The van der Waals surface area contributed by atoms with E-state index in [0.717, 1.165) is 11.1 Å². The van der Waals surface area contributed by atoms with Crippen LogP contribution in [0.2, 0.25) is 0 Å². The van der Waals surface area contributed by atoms with Crippen LogP contribution in [0.1, 0.15) is 43.4 Å². The zero-order chi connectivity index (χ0) is 19.8. The molecule has 6 heteroatoms. The van der Waals surface area contributed by atoms with Gasteiger partial charge in [-0.05, 0) is 60.7 Å². The van der Waals surface area contributed by atoms with Gasteiger partial charge in [-0.2, -0.15) is 5.10 Å². The number of hydrazone groups is 1. The van der Waals surface area contributed by atoms with Crippen LogP contribution in [0.4, 0.5) is 0 Å². The summed E-state index contributed by atoms with van der Waals surface area (Å²) in [7, 11) is 0. The van der Waals surface area contributed by atoms with Crippen molar-refractivity contribution in [3.8, 4) is 17.2 Å². The molecule has 0 aliphatic heterocycles. The number of benzene rings is 2. The molecule has 0 aliphatic rings. The molecule has 0 bridgehead atoms. The Balaban J connectivity index is 1.90. The number of nitrogens with one attached hydrogen (secondary N) is 1. The second-order valence-electron chi connectivity index (χ2n) is 6.42. The first-order valence-electron chi connectivity index (χ1n) is 8.91. The number of rotatable bonds is 8. The number of ether oxygens (including phenoxy) is 2. The topological polar surface area (TPSA) is 80.2 Å². The third-order valence-corrected chi connectivity index (χ3v) is 3.92. The van der Waals surface area contributed by atoms with Gasteiger partial charge in [-0.3, -0.25) is 4.79 Å². The molecule has 0 unspecified atom stereocenters. The van der Waals surface area contributed by atoms with Crippen molar-refractivity contribution in [2.75, 3.05) is 13.2 Å². The number of phenols is 1. The lowest BCUT2D eigenvalue weighted by molar-refractivity contribution is -0.123. The highest BCUT2D eigenvalue weighted by atomic mass is 16.5. The van der Waals surface area contributed by atoms with E-state index in [1.54, 1.807) is 12.1 Å². The minimum absolute atomic E-state index is 0.0606. The Morgan fingerprint density at radius 3 is 2.67 bits per heavy atom. The molecule has 0 aromatic heterocycles. The zero-order valence-electron chi connectivity index (χ0n) is 16.2. The fourth-order valence-corrected chi connectivity index (χ4v) is 2.37. The van der Waals surface area contributed by atoms with Gasteiger partial charge < -0.3 is 14.6 Å². The molecule has 2 aromatic rings. The summed E-state index contributed by atoms with van der Waals surface area (Å²) >= 11 is 0. The van der Waals surface area contributed by atoms with Crippen molar-refractivity contribution in [3.63, 3.8) is 0 Å². The molecule has 27 heavy (non-hydrogen) atoms. The van der Waals surface area contributed by atoms with Gasteiger partial charge in [-0.25, -0.2) is 5.43 Å². The van der Waals surface area contributed by atoms with Crippen LogP contribution in [0.3, 0.4) is 0 Å². The maximum atomic E-state index is 11.9. The first-order valence-corrected chi connectivity index (χ1v) is 8.91. The summed E-state index contributed by atoms with van der Waals surface area (Å²) in [5.41, 5.74) is 5.25. The highest BCUT2D eigenvalue weighted by Gasteiger charge is 2.07. The third kappa shape index (κ3) is 6.02. The minimum Gasteiger partial charge on any atom is -0.504 e. The van der Waals surface area contributed by atoms with Crippen molar-refractivity contribution in [1.29, 1.82) is 0 Å². The number of carbonyl (C=O) groups is 1. The number of hydrogen-bond acceptors (Lipinski definition) is 5. The van der Waals surface area contributed by atoms with E-state index < -0.39 is 0 Å². The second-order valence-corrected chi connectivity index (χ2v) is 6.42. The van der Waals surface area contributed by atoms with E-state index in [9.17, 15) is 9.90 Å². The summed E-state index contributed by atoms with van der Waals surface area (Å²) in [4.78, 5) is 11.9. The first-order chi connectivity index (χ1) is 12.9. The molecule has 0 aliphatic carbocycles. The number of hydrogen-bond donors (Lipinski definition) is 2. The van der Waals surface area contributed by atoms with Gasteiger partial charge in [0, 0.05) is 0 Å². The van der Waals surface area contributed by atoms with Crippen molar-refractivity contribution in [1.82, 2.24) is 5.43 Å². The fraction of sp³-hybridized carbons (Fsp3) is 0.333. The van der Waals surface area contributed by atoms with E-state index in [1.807, 2.05) is 26.0 Å². The van der Waals surface area contributed by atoms with E-state index >= 15 is 0 Å². The molecule has 6 nitrogen and oxygen atoms in total. The molecule has 0 radical (unpaired) electrons. The molecule has 2 rings (SSSR count). The molecule has 0 atom stereocenters. The summed E-state index contributed by atoms with van der Waals surface area (Å²) < 4.78 is 10.9. The minimum atomic E-state index is -0.357. The quantitative estimate of drug-likeness (QED) is 0.548. The van der Waals surface area contributed by atoms with Gasteiger partial charge in [0.05, 0.1) is 12.8 Å². The summed E-state index contributed by atoms with van der Waals surface area (Å²) in [6, 6.07) is 10.8. The zero-order valence-corrected chi connectivity index (χ0v) is 16.2. The lowest BCUT2D eigenvalue weighted by atomic mass is 10.0. The third-order valence-electron chi connectivity index (χ3n) is 3.92. The van der Waals surface area contributed by atoms with Gasteiger partial charge in [0.2, 0.25) is 0 Å². The summed E-state index contributed by atoms with van der Waals surface area (Å²) in [5.74, 6) is 1.16. The summed E-state index contributed by atoms with van der Waals surface area (Å²) in [6.07, 6.45) is 1.48. The predicted molar refractivity (Wildman–Crippen MR) is 106 cm³/mol. The Bertz CT molecular complexity index is 816. The van der Waals surface area contributed by atoms with Crippen molar-refractivity contribution < 1.29 is 19.4 Å². The van der Waals surface area contributed by atoms with Crippen LogP contribution in [-0.4, -0.2) is 30.4 Å². The Labute approximate surface area is 159 Å². The van der Waals surface area contributed by atoms with Crippen molar-refractivity contribution in [3.05, 3.63) is 53.1 Å². The van der Waals surface area contributed by atoms with Gasteiger partial charge in [0.15, 0.2) is 18.1 Å². The van der Waals surface area contributed by atoms with E-state index in [4.69, 9.17) is 9.47 Å². The highest BCUT2D eigenvalue weighted by Crippen LogP contribution is 2.26. The molecule has 0 heterocycles. The van der Waals surface area contributed by atoms with E-state index in [-0.39, 0.29) is 18.3 Å². The first kappa shape index (κ1) is 20.3. The lowest BCUT2D eigenvalue weighted by Gasteiger charge is -2.12. The van der Waals surface area contributed by atoms with Gasteiger partial charge in [0.1, 0.15) is 5.75 Å². The Morgan fingerprint density at radius 2 is 1.96 bits per heavy atom. The molecule has 0 fully saturated rings. The maximum Gasteiger partial charge on any atom is 0.277 e. The van der Waals surface area contributed by atoms with Crippen LogP contribution in [-0.2, 0) is 4.79 Å². The lowest BCUT2D eigenvalue weighted by Crippen LogP contribution is -2.24. The van der Waals surface area contributed by atoms with Gasteiger partial charge in [-0.1, -0.05) is 26.0 Å². The number of aryl methyl sites for hydroxylation is 1. The molecule has 0 saturated carbocycles. The van der Waals surface area contributed by atoms with Gasteiger partial charge >= 0.3 is 0 Å². The predicted octanol–water partition coefficient (Wildman–Crippen LogP) is 3.75. The number of nitrogens with zero attached hydrogens (tertiary/aromatic N) is 1. The van der Waals surface area contributed by atoms with Crippen LogP contribution in [0.5, 0.6) is 17.2 Å². The van der Waals surface area contributed by atoms with Crippen LogP contribution >= 0.6 is 0 Å². The van der Waals surface area contributed by atoms with Crippen molar-refractivity contribution in [2.45, 2.75) is 33.6 Å². The highest BCUT2D eigenvalue weighted by molar-refractivity contribution is 5.83. The van der Waals surface area contributed by atoms with Crippen molar-refractivity contribution in [2.24, 2.45) is 5.10 Å². The Kier molecular flexibility index (Phi) is 7.23. The smallest absolute Gasteiger partial charge is 0.277 e. The Morgan fingerprint density at radius 1 is 1.19 bits per heavy atom. The average Bonchev–Trinajstić information content (AvgIpc) is 2.63. The number of phenolic OH excluding ortho intramolecular Hbond substituents is 1. The van der Waals surface area contributed by atoms with E-state index in [0.29, 0.717) is 29.6 Å². The number of aromatic hydroxyl groups is 1. The van der Waals surface area contributed by atoms with Gasteiger partial charge in [0.25, 0.3) is 5.91 Å². The van der Waals surface area contributed by atoms with Crippen molar-refractivity contribution >= 4 is 12.1 Å². The van der Waals surface area contributed by atoms with Gasteiger partial charge in [-0.15, -0.1) is 0 Å². The number of amides is 1. The van der Waals surface area contributed by atoms with Crippen LogP contribution in [0.25, 0.3) is 0 Å². The molecule has 0 spiro atoms.